The fourth-order valence-corrected chi connectivity index (χ4v) is 1.79. The lowest BCUT2D eigenvalue weighted by atomic mass is 10.2. The predicted octanol–water partition coefficient (Wildman–Crippen LogP) is -0.336. The molecule has 0 aromatic carbocycles. The second-order valence-corrected chi connectivity index (χ2v) is 3.66. The lowest BCUT2D eigenvalue weighted by Crippen LogP contribution is -2.48. The van der Waals surface area contributed by atoms with E-state index in [1.165, 1.54) is 0 Å². The second-order valence-electron chi connectivity index (χ2n) is 3.66. The van der Waals surface area contributed by atoms with Gasteiger partial charge in [-0.25, -0.2) is 0 Å². The molecule has 1 unspecified atom stereocenters. The van der Waals surface area contributed by atoms with E-state index in [0.717, 1.165) is 19.5 Å². The summed E-state index contributed by atoms with van der Waals surface area (Å²) in [6, 6.07) is -0.155. The zero-order valence-electron chi connectivity index (χ0n) is 8.78. The Labute approximate surface area is 85.3 Å². The van der Waals surface area contributed by atoms with Gasteiger partial charge >= 0.3 is 0 Å². The van der Waals surface area contributed by atoms with E-state index >= 15 is 0 Å². The second kappa shape index (κ2) is 5.12. The van der Waals surface area contributed by atoms with Crippen LogP contribution in [0.15, 0.2) is 12.7 Å². The smallest absolute Gasteiger partial charge is 0.241 e. The van der Waals surface area contributed by atoms with Gasteiger partial charge in [0.15, 0.2) is 0 Å². The van der Waals surface area contributed by atoms with Gasteiger partial charge in [0.05, 0.1) is 0 Å². The number of nitrogens with zero attached hydrogens (tertiary/aromatic N) is 2. The summed E-state index contributed by atoms with van der Waals surface area (Å²) in [5.41, 5.74) is 5.60. The average Bonchev–Trinajstić information content (AvgIpc) is 2.28. The highest BCUT2D eigenvalue weighted by Crippen LogP contribution is 2.08. The summed E-state index contributed by atoms with van der Waals surface area (Å²) in [5.74, 6) is 0.132. The third-order valence-electron chi connectivity index (χ3n) is 2.64. The SMILES string of the molecule is C=CCN1CCCN(C)C(CN)C1=O. The summed E-state index contributed by atoms with van der Waals surface area (Å²) in [5, 5.41) is 0. The van der Waals surface area contributed by atoms with Crippen LogP contribution in [0.1, 0.15) is 6.42 Å². The molecule has 1 aliphatic heterocycles. The molecule has 0 aromatic rings. The molecule has 0 aromatic heterocycles. The highest BCUT2D eigenvalue weighted by Gasteiger charge is 2.28. The topological polar surface area (TPSA) is 49.6 Å². The number of amides is 1. The molecule has 1 rings (SSSR count). The van der Waals surface area contributed by atoms with Crippen molar-refractivity contribution in [3.05, 3.63) is 12.7 Å². The maximum atomic E-state index is 11.9. The van der Waals surface area contributed by atoms with E-state index in [1.807, 2.05) is 16.8 Å². The van der Waals surface area contributed by atoms with E-state index in [2.05, 4.69) is 6.58 Å². The molecule has 14 heavy (non-hydrogen) atoms. The summed E-state index contributed by atoms with van der Waals surface area (Å²) in [7, 11) is 1.95. The third-order valence-corrected chi connectivity index (χ3v) is 2.64. The number of nitrogens with two attached hydrogens (primary N) is 1. The van der Waals surface area contributed by atoms with Crippen LogP contribution in [0.5, 0.6) is 0 Å². The lowest BCUT2D eigenvalue weighted by molar-refractivity contribution is -0.134. The van der Waals surface area contributed by atoms with Crippen LogP contribution in [0, 0.1) is 0 Å². The Morgan fingerprint density at radius 3 is 2.93 bits per heavy atom. The van der Waals surface area contributed by atoms with Crippen molar-refractivity contribution in [2.24, 2.45) is 5.73 Å². The maximum absolute atomic E-state index is 11.9. The van der Waals surface area contributed by atoms with Gasteiger partial charge in [-0.1, -0.05) is 6.08 Å². The first-order valence-electron chi connectivity index (χ1n) is 5.00. The van der Waals surface area contributed by atoms with Crippen LogP contribution >= 0.6 is 0 Å². The normalized spacial score (nSPS) is 24.9. The van der Waals surface area contributed by atoms with E-state index in [4.69, 9.17) is 5.73 Å². The standard InChI is InChI=1S/C10H19N3O/c1-3-5-13-7-4-6-12(2)9(8-11)10(13)14/h3,9H,1,4-8,11H2,2H3. The molecule has 1 atom stereocenters. The van der Waals surface area contributed by atoms with Crippen molar-refractivity contribution in [1.29, 1.82) is 0 Å². The molecule has 1 aliphatic rings. The first-order chi connectivity index (χ1) is 6.70. The minimum Gasteiger partial charge on any atom is -0.338 e. The van der Waals surface area contributed by atoms with Gasteiger partial charge < -0.3 is 10.6 Å². The van der Waals surface area contributed by atoms with Crippen LogP contribution in [0.25, 0.3) is 0 Å². The minimum absolute atomic E-state index is 0.132. The van der Waals surface area contributed by atoms with Crippen LogP contribution in [0.4, 0.5) is 0 Å². The largest absolute Gasteiger partial charge is 0.338 e. The molecule has 0 bridgehead atoms. The summed E-state index contributed by atoms with van der Waals surface area (Å²) in [6.45, 7) is 6.41. The molecule has 0 radical (unpaired) electrons. The van der Waals surface area contributed by atoms with E-state index in [1.54, 1.807) is 6.08 Å². The fraction of sp³-hybridized carbons (Fsp3) is 0.700. The van der Waals surface area contributed by atoms with Gasteiger partial charge in [-0.3, -0.25) is 9.69 Å². The summed E-state index contributed by atoms with van der Waals surface area (Å²) >= 11 is 0. The van der Waals surface area contributed by atoms with Crippen molar-refractivity contribution in [2.45, 2.75) is 12.5 Å². The predicted molar refractivity (Wildman–Crippen MR) is 56.9 cm³/mol. The van der Waals surface area contributed by atoms with Crippen molar-refractivity contribution < 1.29 is 4.79 Å². The van der Waals surface area contributed by atoms with Crippen molar-refractivity contribution in [3.63, 3.8) is 0 Å². The van der Waals surface area contributed by atoms with Crippen LogP contribution in [-0.2, 0) is 4.79 Å². The molecule has 0 spiro atoms. The maximum Gasteiger partial charge on any atom is 0.241 e. The Hall–Kier alpha value is -0.870. The Balaban J connectivity index is 2.72. The number of hydrogen-bond donors (Lipinski definition) is 1. The fourth-order valence-electron chi connectivity index (χ4n) is 1.79. The summed E-state index contributed by atoms with van der Waals surface area (Å²) < 4.78 is 0. The number of hydrogen-bond acceptors (Lipinski definition) is 3. The van der Waals surface area contributed by atoms with Crippen molar-refractivity contribution >= 4 is 5.91 Å². The van der Waals surface area contributed by atoms with Crippen LogP contribution in [-0.4, -0.2) is 55.0 Å². The third kappa shape index (κ3) is 2.33. The quantitative estimate of drug-likeness (QED) is 0.630. The number of rotatable bonds is 3. The molecule has 0 aliphatic carbocycles. The Morgan fingerprint density at radius 1 is 1.64 bits per heavy atom. The zero-order valence-corrected chi connectivity index (χ0v) is 8.78. The molecule has 1 saturated heterocycles. The van der Waals surface area contributed by atoms with Crippen LogP contribution in [0.2, 0.25) is 0 Å². The molecular formula is C10H19N3O. The molecule has 80 valence electrons. The monoisotopic (exact) mass is 197 g/mol. The van der Waals surface area contributed by atoms with Gasteiger partial charge in [-0.2, -0.15) is 0 Å². The molecular weight excluding hydrogens is 178 g/mol. The average molecular weight is 197 g/mol. The van der Waals surface area contributed by atoms with Crippen molar-refractivity contribution in [1.82, 2.24) is 9.80 Å². The number of carbonyl (C=O) groups excluding carboxylic acids is 1. The highest BCUT2D eigenvalue weighted by molar-refractivity contribution is 5.82. The molecule has 1 heterocycles. The molecule has 1 amide bonds. The molecule has 2 N–H and O–H groups in total. The first kappa shape index (κ1) is 11.2. The summed E-state index contributed by atoms with van der Waals surface area (Å²) in [6.07, 6.45) is 2.77. The van der Waals surface area contributed by atoms with Crippen molar-refractivity contribution in [2.75, 3.05) is 33.2 Å². The number of carbonyl (C=O) groups is 1. The molecule has 4 nitrogen and oxygen atoms in total. The lowest BCUT2D eigenvalue weighted by Gasteiger charge is -2.26. The van der Waals surface area contributed by atoms with Crippen LogP contribution in [0.3, 0.4) is 0 Å². The van der Waals surface area contributed by atoms with E-state index in [9.17, 15) is 4.79 Å². The van der Waals surface area contributed by atoms with Gasteiger partial charge in [-0.05, 0) is 13.5 Å². The minimum atomic E-state index is -0.155. The van der Waals surface area contributed by atoms with E-state index in [0.29, 0.717) is 13.1 Å². The Morgan fingerprint density at radius 2 is 2.36 bits per heavy atom. The van der Waals surface area contributed by atoms with Gasteiger partial charge in [-0.15, -0.1) is 6.58 Å². The zero-order chi connectivity index (χ0) is 10.6. The molecule has 0 saturated carbocycles. The van der Waals surface area contributed by atoms with E-state index in [-0.39, 0.29) is 11.9 Å². The van der Waals surface area contributed by atoms with Gasteiger partial charge in [0.2, 0.25) is 5.91 Å². The number of likely N-dealkylation sites (N-methyl/N-ethyl adjacent to an activating group) is 1. The first-order valence-corrected chi connectivity index (χ1v) is 5.00. The highest BCUT2D eigenvalue weighted by atomic mass is 16.2. The van der Waals surface area contributed by atoms with Gasteiger partial charge in [0.25, 0.3) is 0 Å². The Bertz CT molecular complexity index is 217. The molecule has 4 heteroatoms. The Kier molecular flexibility index (Phi) is 4.10. The van der Waals surface area contributed by atoms with E-state index < -0.39 is 0 Å². The van der Waals surface area contributed by atoms with Crippen LogP contribution < -0.4 is 5.73 Å². The molecule has 1 fully saturated rings. The van der Waals surface area contributed by atoms with Gasteiger partial charge in [0.1, 0.15) is 6.04 Å². The van der Waals surface area contributed by atoms with Gasteiger partial charge in [0, 0.05) is 26.2 Å². The van der Waals surface area contributed by atoms with Crippen molar-refractivity contribution in [3.8, 4) is 0 Å². The summed E-state index contributed by atoms with van der Waals surface area (Å²) in [4.78, 5) is 15.8.